The standard InChI is InChI=1S/C24H22O6/c1-11(25)18-14-10-28-24(4,5)15(14)8-13-20(27)19-16(26)9-17-12(21(19)29-22(13)18)6-7-23(2,3)30-17/h6-9,26H,10H2,1-5H3. The van der Waals surface area contributed by atoms with Gasteiger partial charge in [-0.05, 0) is 64.0 Å². The molecule has 0 atom stereocenters. The van der Waals surface area contributed by atoms with E-state index < -0.39 is 16.6 Å². The van der Waals surface area contributed by atoms with Gasteiger partial charge in [0.05, 0.1) is 28.7 Å². The van der Waals surface area contributed by atoms with E-state index in [9.17, 15) is 14.7 Å². The summed E-state index contributed by atoms with van der Waals surface area (Å²) in [4.78, 5) is 26.1. The molecule has 2 aliphatic rings. The van der Waals surface area contributed by atoms with Crippen molar-refractivity contribution in [3.63, 3.8) is 0 Å². The minimum absolute atomic E-state index is 0.0698. The highest BCUT2D eigenvalue weighted by Gasteiger charge is 2.36. The molecule has 0 amide bonds. The lowest BCUT2D eigenvalue weighted by Crippen LogP contribution is -2.27. The fraction of sp³-hybridized carbons (Fsp3) is 0.333. The molecule has 0 saturated carbocycles. The second-order valence-electron chi connectivity index (χ2n) is 8.99. The molecule has 0 spiro atoms. The second kappa shape index (κ2) is 5.73. The average molecular weight is 406 g/mol. The Bertz CT molecular complexity index is 1370. The first-order valence-corrected chi connectivity index (χ1v) is 9.86. The summed E-state index contributed by atoms with van der Waals surface area (Å²) in [6.45, 7) is 9.30. The lowest BCUT2D eigenvalue weighted by Gasteiger charge is -2.28. The predicted molar refractivity (Wildman–Crippen MR) is 113 cm³/mol. The molecule has 30 heavy (non-hydrogen) atoms. The molecule has 6 nitrogen and oxygen atoms in total. The summed E-state index contributed by atoms with van der Waals surface area (Å²) < 4.78 is 18.0. The van der Waals surface area contributed by atoms with Crippen molar-refractivity contribution in [2.24, 2.45) is 0 Å². The van der Waals surface area contributed by atoms with Crippen LogP contribution in [-0.2, 0) is 16.9 Å². The molecular formula is C24H22O6. The number of phenolic OH excluding ortho intramolecular Hbond substituents is 1. The third kappa shape index (κ3) is 2.46. The van der Waals surface area contributed by atoms with E-state index in [0.29, 0.717) is 16.9 Å². The van der Waals surface area contributed by atoms with Crippen LogP contribution in [0.3, 0.4) is 0 Å². The topological polar surface area (TPSA) is 86.0 Å². The van der Waals surface area contributed by atoms with E-state index in [1.54, 1.807) is 6.07 Å². The molecule has 3 aromatic rings. The van der Waals surface area contributed by atoms with Crippen LogP contribution in [0.4, 0.5) is 0 Å². The molecule has 2 aliphatic heterocycles. The first-order chi connectivity index (χ1) is 14.0. The molecule has 0 aliphatic carbocycles. The number of ether oxygens (including phenoxy) is 2. The molecule has 0 saturated heterocycles. The molecule has 154 valence electrons. The molecule has 5 rings (SSSR count). The summed E-state index contributed by atoms with van der Waals surface area (Å²) in [7, 11) is 0. The van der Waals surface area contributed by atoms with Crippen LogP contribution in [-0.4, -0.2) is 16.5 Å². The SMILES string of the molecule is CC(=O)c1c2c(cc3c(=O)c4c(O)cc5c(c4oc13)C=CC(C)(C)O5)C(C)(C)OC2. The van der Waals surface area contributed by atoms with E-state index in [2.05, 4.69) is 0 Å². The van der Waals surface area contributed by atoms with Gasteiger partial charge in [-0.25, -0.2) is 0 Å². The molecule has 3 heterocycles. The Morgan fingerprint density at radius 1 is 1.13 bits per heavy atom. The molecule has 0 unspecified atom stereocenters. The smallest absolute Gasteiger partial charge is 0.204 e. The second-order valence-corrected chi connectivity index (χ2v) is 8.99. The molecule has 1 aromatic heterocycles. The first-order valence-electron chi connectivity index (χ1n) is 9.86. The highest BCUT2D eigenvalue weighted by molar-refractivity contribution is 6.09. The lowest BCUT2D eigenvalue weighted by molar-refractivity contribution is -0.00795. The number of hydrogen-bond donors (Lipinski definition) is 1. The minimum Gasteiger partial charge on any atom is -0.507 e. The molecule has 1 N–H and O–H groups in total. The molecule has 0 fully saturated rings. The Morgan fingerprint density at radius 3 is 2.57 bits per heavy atom. The first kappa shape index (κ1) is 18.9. The van der Waals surface area contributed by atoms with Crippen LogP contribution in [0, 0.1) is 0 Å². The van der Waals surface area contributed by atoms with Crippen molar-refractivity contribution in [3.8, 4) is 11.5 Å². The Hall–Kier alpha value is -3.12. The van der Waals surface area contributed by atoms with Crippen LogP contribution >= 0.6 is 0 Å². The number of hydrogen-bond acceptors (Lipinski definition) is 6. The van der Waals surface area contributed by atoms with Gasteiger partial charge < -0.3 is 19.0 Å². The largest absolute Gasteiger partial charge is 0.507 e. The van der Waals surface area contributed by atoms with Crippen molar-refractivity contribution in [2.45, 2.75) is 52.4 Å². The van der Waals surface area contributed by atoms with Gasteiger partial charge >= 0.3 is 0 Å². The van der Waals surface area contributed by atoms with Gasteiger partial charge in [-0.1, -0.05) is 0 Å². The third-order valence-corrected chi connectivity index (χ3v) is 5.93. The fourth-order valence-corrected chi connectivity index (χ4v) is 4.41. The normalized spacial score (nSPS) is 18.3. The lowest BCUT2D eigenvalue weighted by atomic mass is 9.89. The van der Waals surface area contributed by atoms with Crippen LogP contribution in [0.5, 0.6) is 11.5 Å². The Balaban J connectivity index is 1.98. The number of carbonyl (C=O) groups excluding carboxylic acids is 1. The van der Waals surface area contributed by atoms with Crippen LogP contribution in [0.1, 0.15) is 61.7 Å². The fourth-order valence-electron chi connectivity index (χ4n) is 4.41. The number of Topliss-reactive ketones (excluding diaryl/α,β-unsaturated/α-hetero) is 1. The van der Waals surface area contributed by atoms with E-state index in [0.717, 1.165) is 11.1 Å². The summed E-state index contributed by atoms with van der Waals surface area (Å²) >= 11 is 0. The summed E-state index contributed by atoms with van der Waals surface area (Å²) in [6, 6.07) is 3.17. The molecule has 6 heteroatoms. The molecule has 0 bridgehead atoms. The van der Waals surface area contributed by atoms with Gasteiger partial charge in [0.2, 0.25) is 5.43 Å². The van der Waals surface area contributed by atoms with E-state index in [1.807, 2.05) is 39.8 Å². The number of phenols is 1. The highest BCUT2D eigenvalue weighted by atomic mass is 16.5. The molecular weight excluding hydrogens is 384 g/mol. The van der Waals surface area contributed by atoms with E-state index in [-0.39, 0.29) is 40.1 Å². The van der Waals surface area contributed by atoms with E-state index >= 15 is 0 Å². The third-order valence-electron chi connectivity index (χ3n) is 5.93. The van der Waals surface area contributed by atoms with Gasteiger partial charge in [-0.3, -0.25) is 9.59 Å². The summed E-state index contributed by atoms with van der Waals surface area (Å²) in [5.41, 5.74) is 1.28. The number of rotatable bonds is 1. The van der Waals surface area contributed by atoms with Crippen LogP contribution in [0.15, 0.2) is 27.4 Å². The van der Waals surface area contributed by atoms with Gasteiger partial charge in [-0.15, -0.1) is 0 Å². The zero-order valence-electron chi connectivity index (χ0n) is 17.5. The van der Waals surface area contributed by atoms with Crippen molar-refractivity contribution in [3.05, 3.63) is 50.7 Å². The maximum Gasteiger partial charge on any atom is 0.204 e. The molecule has 0 radical (unpaired) electrons. The highest BCUT2D eigenvalue weighted by Crippen LogP contribution is 2.44. The van der Waals surface area contributed by atoms with E-state index in [4.69, 9.17) is 13.9 Å². The summed E-state index contributed by atoms with van der Waals surface area (Å²) in [6.07, 6.45) is 3.68. The van der Waals surface area contributed by atoms with Gasteiger partial charge in [0.1, 0.15) is 28.1 Å². The van der Waals surface area contributed by atoms with Gasteiger partial charge in [0.15, 0.2) is 11.4 Å². The van der Waals surface area contributed by atoms with Crippen molar-refractivity contribution >= 4 is 33.8 Å². The Labute approximate surface area is 172 Å². The monoisotopic (exact) mass is 406 g/mol. The Kier molecular flexibility index (Phi) is 3.61. The van der Waals surface area contributed by atoms with E-state index in [1.165, 1.54) is 13.0 Å². The maximum atomic E-state index is 13.5. The van der Waals surface area contributed by atoms with Gasteiger partial charge in [-0.2, -0.15) is 0 Å². The van der Waals surface area contributed by atoms with Crippen molar-refractivity contribution in [2.75, 3.05) is 0 Å². The minimum atomic E-state index is -0.630. The number of aromatic hydroxyl groups is 1. The summed E-state index contributed by atoms with van der Waals surface area (Å²) in [5, 5.41) is 11.0. The predicted octanol–water partition coefficient (Wildman–Crippen LogP) is 4.80. The van der Waals surface area contributed by atoms with Gasteiger partial charge in [0.25, 0.3) is 0 Å². The van der Waals surface area contributed by atoms with Crippen LogP contribution in [0.25, 0.3) is 28.0 Å². The zero-order valence-corrected chi connectivity index (χ0v) is 17.5. The van der Waals surface area contributed by atoms with Crippen LogP contribution in [0.2, 0.25) is 0 Å². The number of benzene rings is 2. The van der Waals surface area contributed by atoms with Crippen molar-refractivity contribution < 1.29 is 23.8 Å². The van der Waals surface area contributed by atoms with Crippen molar-refractivity contribution in [1.29, 1.82) is 0 Å². The maximum absolute atomic E-state index is 13.5. The quantitative estimate of drug-likeness (QED) is 0.461. The average Bonchev–Trinajstić information content (AvgIpc) is 2.93. The zero-order chi connectivity index (χ0) is 21.6. The Morgan fingerprint density at radius 2 is 1.87 bits per heavy atom. The van der Waals surface area contributed by atoms with Crippen LogP contribution < -0.4 is 10.2 Å². The van der Waals surface area contributed by atoms with Gasteiger partial charge in [0, 0.05) is 6.07 Å². The number of ketones is 1. The summed E-state index contributed by atoms with van der Waals surface area (Å²) in [5.74, 6) is -0.00141. The van der Waals surface area contributed by atoms with Crippen molar-refractivity contribution in [1.82, 2.24) is 0 Å². The molecule has 2 aromatic carbocycles. The number of fused-ring (bicyclic) bond motifs is 5. The number of carbonyl (C=O) groups is 1.